The zero-order valence-corrected chi connectivity index (χ0v) is 8.58. The lowest BCUT2D eigenvalue weighted by molar-refractivity contribution is 0.203. The van der Waals surface area contributed by atoms with Crippen molar-refractivity contribution in [2.75, 3.05) is 18.5 Å². The third kappa shape index (κ3) is 2.88. The Hall–Kier alpha value is -1.24. The van der Waals surface area contributed by atoms with E-state index in [2.05, 4.69) is 5.32 Å². The normalized spacial score (nSPS) is 10.9. The zero-order chi connectivity index (χ0) is 12.1. The lowest BCUT2D eigenvalue weighted by Crippen LogP contribution is -2.28. The molecule has 0 bridgehead atoms. The van der Waals surface area contributed by atoms with Gasteiger partial charge in [-0.25, -0.2) is 8.78 Å². The van der Waals surface area contributed by atoms with Crippen molar-refractivity contribution in [2.24, 2.45) is 5.73 Å². The second-order valence-corrected chi connectivity index (χ2v) is 3.34. The average Bonchev–Trinajstić information content (AvgIpc) is 2.28. The molecule has 0 atom stereocenters. The number of hydrogen-bond donors (Lipinski definition) is 4. The van der Waals surface area contributed by atoms with Gasteiger partial charge < -0.3 is 21.3 Å². The van der Waals surface area contributed by atoms with Gasteiger partial charge in [0.05, 0.1) is 19.3 Å². The predicted molar refractivity (Wildman–Crippen MR) is 55.8 cm³/mol. The summed E-state index contributed by atoms with van der Waals surface area (Å²) in [5, 5.41) is 19.9. The van der Waals surface area contributed by atoms with Crippen LogP contribution in [0.4, 0.5) is 14.5 Å². The lowest BCUT2D eigenvalue weighted by Gasteiger charge is -2.16. The first kappa shape index (κ1) is 12.8. The van der Waals surface area contributed by atoms with E-state index in [0.717, 1.165) is 12.1 Å². The van der Waals surface area contributed by atoms with Gasteiger partial charge in [-0.15, -0.1) is 0 Å². The largest absolute Gasteiger partial charge is 0.394 e. The second kappa shape index (κ2) is 5.74. The quantitative estimate of drug-likeness (QED) is 0.584. The summed E-state index contributed by atoms with van der Waals surface area (Å²) in [7, 11) is 0. The topological polar surface area (TPSA) is 78.5 Å². The molecule has 4 nitrogen and oxygen atoms in total. The molecule has 0 aliphatic heterocycles. The number of aliphatic hydroxyl groups is 2. The molecular weight excluding hydrogens is 218 g/mol. The molecule has 0 amide bonds. The molecule has 0 fully saturated rings. The van der Waals surface area contributed by atoms with Crippen LogP contribution in [0.3, 0.4) is 0 Å². The van der Waals surface area contributed by atoms with E-state index in [-0.39, 0.29) is 12.2 Å². The Morgan fingerprint density at radius 2 is 1.69 bits per heavy atom. The molecule has 0 aromatic heterocycles. The smallest absolute Gasteiger partial charge is 0.149 e. The van der Waals surface area contributed by atoms with Crippen LogP contribution in [0.15, 0.2) is 12.1 Å². The Balaban J connectivity index is 2.95. The molecule has 0 unspecified atom stereocenters. The number of nitrogens with one attached hydrogen (secondary N) is 1. The Bertz CT molecular complexity index is 334. The van der Waals surface area contributed by atoms with Crippen LogP contribution in [0, 0.1) is 11.6 Å². The van der Waals surface area contributed by atoms with Gasteiger partial charge in [0.2, 0.25) is 0 Å². The maximum atomic E-state index is 13.4. The molecule has 0 saturated carbocycles. The van der Waals surface area contributed by atoms with Crippen LogP contribution in [0.25, 0.3) is 0 Å². The van der Waals surface area contributed by atoms with Crippen LogP contribution >= 0.6 is 0 Å². The van der Waals surface area contributed by atoms with Crippen LogP contribution in [0.2, 0.25) is 0 Å². The molecule has 0 spiro atoms. The number of rotatable bonds is 5. The summed E-state index contributed by atoms with van der Waals surface area (Å²) < 4.78 is 26.8. The van der Waals surface area contributed by atoms with Crippen molar-refractivity contribution >= 4 is 5.69 Å². The van der Waals surface area contributed by atoms with Crippen LogP contribution < -0.4 is 11.1 Å². The van der Waals surface area contributed by atoms with E-state index >= 15 is 0 Å². The molecular formula is C10H14F2N2O2. The van der Waals surface area contributed by atoms with E-state index in [1.807, 2.05) is 0 Å². The van der Waals surface area contributed by atoms with E-state index in [1.54, 1.807) is 0 Å². The Kier molecular flexibility index (Phi) is 4.60. The second-order valence-electron chi connectivity index (χ2n) is 3.34. The number of halogens is 2. The minimum Gasteiger partial charge on any atom is -0.394 e. The van der Waals surface area contributed by atoms with E-state index in [9.17, 15) is 8.78 Å². The molecule has 5 N–H and O–H groups in total. The Labute approximate surface area is 91.7 Å². The summed E-state index contributed by atoms with van der Waals surface area (Å²) in [6, 6.07) is 1.42. The maximum Gasteiger partial charge on any atom is 0.149 e. The Morgan fingerprint density at radius 1 is 1.19 bits per heavy atom. The molecule has 0 radical (unpaired) electrons. The van der Waals surface area contributed by atoms with Crippen LogP contribution in [0.1, 0.15) is 5.56 Å². The molecule has 6 heteroatoms. The minimum atomic E-state index is -0.799. The van der Waals surface area contributed by atoms with E-state index in [4.69, 9.17) is 15.9 Å². The summed E-state index contributed by atoms with van der Waals surface area (Å²) in [5.41, 5.74) is 5.23. The lowest BCUT2D eigenvalue weighted by atomic mass is 10.1. The highest BCUT2D eigenvalue weighted by Crippen LogP contribution is 2.21. The van der Waals surface area contributed by atoms with Gasteiger partial charge in [-0.1, -0.05) is 0 Å². The first-order chi connectivity index (χ1) is 7.62. The van der Waals surface area contributed by atoms with E-state index in [1.165, 1.54) is 0 Å². The molecule has 16 heavy (non-hydrogen) atoms. The van der Waals surface area contributed by atoms with Crippen molar-refractivity contribution < 1.29 is 19.0 Å². The third-order valence-electron chi connectivity index (χ3n) is 2.13. The summed E-state index contributed by atoms with van der Waals surface area (Å²) in [5.74, 6) is -1.60. The van der Waals surface area contributed by atoms with E-state index < -0.39 is 30.9 Å². The minimum absolute atomic E-state index is 0.0392. The van der Waals surface area contributed by atoms with Gasteiger partial charge in [0, 0.05) is 6.54 Å². The van der Waals surface area contributed by atoms with Gasteiger partial charge in [-0.05, 0) is 17.7 Å². The number of nitrogens with two attached hydrogens (primary N) is 1. The van der Waals surface area contributed by atoms with E-state index in [0.29, 0.717) is 5.56 Å². The number of benzene rings is 1. The van der Waals surface area contributed by atoms with Crippen molar-refractivity contribution in [1.29, 1.82) is 0 Å². The third-order valence-corrected chi connectivity index (χ3v) is 2.13. The number of hydrogen-bond acceptors (Lipinski definition) is 4. The summed E-state index contributed by atoms with van der Waals surface area (Å²) >= 11 is 0. The highest BCUT2D eigenvalue weighted by molar-refractivity contribution is 5.48. The molecule has 90 valence electrons. The predicted octanol–water partition coefficient (Wildman–Crippen LogP) is 0.189. The van der Waals surface area contributed by atoms with Crippen molar-refractivity contribution in [3.63, 3.8) is 0 Å². The molecule has 0 heterocycles. The van der Waals surface area contributed by atoms with Gasteiger partial charge in [0.25, 0.3) is 0 Å². The molecule has 0 saturated heterocycles. The maximum absolute atomic E-state index is 13.4. The average molecular weight is 232 g/mol. The number of aliphatic hydroxyl groups excluding tert-OH is 2. The molecule has 1 aromatic carbocycles. The van der Waals surface area contributed by atoms with Crippen molar-refractivity contribution in [3.05, 3.63) is 29.3 Å². The van der Waals surface area contributed by atoms with Crippen LogP contribution in [0.5, 0.6) is 0 Å². The van der Waals surface area contributed by atoms with Crippen molar-refractivity contribution in [1.82, 2.24) is 0 Å². The van der Waals surface area contributed by atoms with Crippen molar-refractivity contribution in [3.8, 4) is 0 Å². The fraction of sp³-hybridized carbons (Fsp3) is 0.400. The summed E-state index contributed by atoms with van der Waals surface area (Å²) in [6.45, 7) is -0.806. The van der Waals surface area contributed by atoms with Gasteiger partial charge >= 0.3 is 0 Å². The van der Waals surface area contributed by atoms with Crippen molar-refractivity contribution in [2.45, 2.75) is 12.6 Å². The summed E-state index contributed by atoms with van der Waals surface area (Å²) in [4.78, 5) is 0. The fourth-order valence-electron chi connectivity index (χ4n) is 1.23. The first-order valence-electron chi connectivity index (χ1n) is 4.78. The molecule has 1 aromatic rings. The fourth-order valence-corrected chi connectivity index (χ4v) is 1.23. The van der Waals surface area contributed by atoms with Gasteiger partial charge in [-0.3, -0.25) is 0 Å². The number of anilines is 1. The monoisotopic (exact) mass is 232 g/mol. The first-order valence-corrected chi connectivity index (χ1v) is 4.78. The zero-order valence-electron chi connectivity index (χ0n) is 8.58. The molecule has 0 aliphatic rings. The molecule has 1 rings (SSSR count). The van der Waals surface area contributed by atoms with Gasteiger partial charge in [0.1, 0.15) is 17.3 Å². The summed E-state index contributed by atoms with van der Waals surface area (Å²) in [6.07, 6.45) is 0. The highest BCUT2D eigenvalue weighted by Gasteiger charge is 2.14. The Morgan fingerprint density at radius 3 is 2.06 bits per heavy atom. The van der Waals surface area contributed by atoms with Crippen LogP contribution in [-0.2, 0) is 6.54 Å². The molecule has 0 aliphatic carbocycles. The standard InChI is InChI=1S/C10H14F2N2O2/c11-8-1-6(3-13)2-9(12)10(8)14-7(4-15)5-16/h1-2,7,14-16H,3-5,13H2. The van der Waals surface area contributed by atoms with Crippen LogP contribution in [-0.4, -0.2) is 29.5 Å². The van der Waals surface area contributed by atoms with Gasteiger partial charge in [-0.2, -0.15) is 0 Å². The van der Waals surface area contributed by atoms with Gasteiger partial charge in [0.15, 0.2) is 0 Å². The SMILES string of the molecule is NCc1cc(F)c(NC(CO)CO)c(F)c1. The highest BCUT2D eigenvalue weighted by atomic mass is 19.1.